The predicted molar refractivity (Wildman–Crippen MR) is 85.5 cm³/mol. The number of hydrogen-bond acceptors (Lipinski definition) is 7. The van der Waals surface area contributed by atoms with Gasteiger partial charge in [-0.25, -0.2) is 4.98 Å². The van der Waals surface area contributed by atoms with Gasteiger partial charge < -0.3 is 15.0 Å². The zero-order chi connectivity index (χ0) is 16.1. The standard InChI is InChI=1S/C16H23N5O2/c1-22-10-7-14-19-16(23-20-14)13-6-2-3-9-21(13)11-12-5-4-8-18-15(12)17/h4-5,8,13H,2-3,6-7,9-11H2,1H3,(H2,17,18)/t13-/m1/s1. The SMILES string of the molecule is COCCc1noc([C@H]2CCCCN2Cc2cccnc2N)n1. The Morgan fingerprint density at radius 1 is 1.43 bits per heavy atom. The highest BCUT2D eigenvalue weighted by atomic mass is 16.5. The molecule has 2 N–H and O–H groups in total. The molecule has 0 aromatic carbocycles. The summed E-state index contributed by atoms with van der Waals surface area (Å²) in [6.07, 6.45) is 5.74. The van der Waals surface area contributed by atoms with E-state index in [9.17, 15) is 0 Å². The van der Waals surface area contributed by atoms with Crippen molar-refractivity contribution in [3.63, 3.8) is 0 Å². The van der Waals surface area contributed by atoms with E-state index in [-0.39, 0.29) is 6.04 Å². The smallest absolute Gasteiger partial charge is 0.244 e. The van der Waals surface area contributed by atoms with Gasteiger partial charge in [0, 0.05) is 31.8 Å². The fourth-order valence-corrected chi connectivity index (χ4v) is 2.96. The van der Waals surface area contributed by atoms with Crippen molar-refractivity contribution in [1.29, 1.82) is 0 Å². The molecule has 23 heavy (non-hydrogen) atoms. The molecule has 1 aliphatic heterocycles. The molecule has 0 spiro atoms. The largest absolute Gasteiger partial charge is 0.384 e. The van der Waals surface area contributed by atoms with Crippen LogP contribution in [0, 0.1) is 0 Å². The monoisotopic (exact) mass is 317 g/mol. The normalized spacial score (nSPS) is 19.1. The number of rotatable bonds is 6. The Kier molecular flexibility index (Phi) is 5.19. The van der Waals surface area contributed by atoms with Crippen LogP contribution in [-0.2, 0) is 17.7 Å². The molecule has 1 aliphatic rings. The molecule has 1 atom stereocenters. The molecule has 2 aromatic rings. The third kappa shape index (κ3) is 3.86. The lowest BCUT2D eigenvalue weighted by Gasteiger charge is -2.33. The first kappa shape index (κ1) is 15.9. The van der Waals surface area contributed by atoms with Gasteiger partial charge in [0.2, 0.25) is 5.89 Å². The minimum atomic E-state index is 0.146. The van der Waals surface area contributed by atoms with Crippen molar-refractivity contribution in [2.45, 2.75) is 38.3 Å². The van der Waals surface area contributed by atoms with E-state index in [0.29, 0.717) is 30.6 Å². The Morgan fingerprint density at radius 2 is 2.35 bits per heavy atom. The number of nitrogen functional groups attached to an aromatic ring is 1. The van der Waals surface area contributed by atoms with Crippen LogP contribution < -0.4 is 5.73 Å². The van der Waals surface area contributed by atoms with E-state index in [4.69, 9.17) is 15.0 Å². The van der Waals surface area contributed by atoms with Crippen LogP contribution in [0.2, 0.25) is 0 Å². The number of nitrogens with zero attached hydrogens (tertiary/aromatic N) is 4. The van der Waals surface area contributed by atoms with Crippen molar-refractivity contribution in [3.8, 4) is 0 Å². The Bertz CT molecular complexity index is 630. The van der Waals surface area contributed by atoms with Crippen LogP contribution in [0.3, 0.4) is 0 Å². The molecule has 0 saturated carbocycles. The third-order valence-corrected chi connectivity index (χ3v) is 4.21. The van der Waals surface area contributed by atoms with Gasteiger partial charge in [-0.1, -0.05) is 17.6 Å². The van der Waals surface area contributed by atoms with Gasteiger partial charge in [-0.2, -0.15) is 4.98 Å². The van der Waals surface area contributed by atoms with Crippen LogP contribution in [-0.4, -0.2) is 40.3 Å². The minimum absolute atomic E-state index is 0.146. The van der Waals surface area contributed by atoms with Gasteiger partial charge in [0.15, 0.2) is 5.82 Å². The van der Waals surface area contributed by atoms with Crippen molar-refractivity contribution in [2.75, 3.05) is 26.0 Å². The molecule has 3 heterocycles. The maximum Gasteiger partial charge on any atom is 0.244 e. The molecule has 0 aliphatic carbocycles. The summed E-state index contributed by atoms with van der Waals surface area (Å²) in [6.45, 7) is 2.34. The highest BCUT2D eigenvalue weighted by molar-refractivity contribution is 5.38. The van der Waals surface area contributed by atoms with Gasteiger partial charge in [-0.3, -0.25) is 4.90 Å². The summed E-state index contributed by atoms with van der Waals surface area (Å²) < 4.78 is 10.6. The molecule has 0 radical (unpaired) electrons. The number of likely N-dealkylation sites (tertiary alicyclic amines) is 1. The van der Waals surface area contributed by atoms with Crippen LogP contribution in [0.5, 0.6) is 0 Å². The number of pyridine rings is 1. The van der Waals surface area contributed by atoms with E-state index in [1.165, 1.54) is 12.8 Å². The fourth-order valence-electron chi connectivity index (χ4n) is 2.96. The molecule has 7 heteroatoms. The lowest BCUT2D eigenvalue weighted by molar-refractivity contribution is 0.111. The second-order valence-electron chi connectivity index (χ2n) is 5.82. The highest BCUT2D eigenvalue weighted by Crippen LogP contribution is 2.31. The van der Waals surface area contributed by atoms with Gasteiger partial charge in [0.05, 0.1) is 12.6 Å². The zero-order valence-corrected chi connectivity index (χ0v) is 13.4. The van der Waals surface area contributed by atoms with Gasteiger partial charge in [0.1, 0.15) is 5.82 Å². The molecule has 1 saturated heterocycles. The first-order valence-electron chi connectivity index (χ1n) is 8.02. The Morgan fingerprint density at radius 3 is 3.17 bits per heavy atom. The number of nitrogens with two attached hydrogens (primary N) is 1. The summed E-state index contributed by atoms with van der Waals surface area (Å²) in [4.78, 5) is 11.1. The fraction of sp³-hybridized carbons (Fsp3) is 0.562. The molecule has 2 aromatic heterocycles. The van der Waals surface area contributed by atoms with Gasteiger partial charge in [0.25, 0.3) is 0 Å². The number of hydrogen-bond donors (Lipinski definition) is 1. The summed E-state index contributed by atoms with van der Waals surface area (Å²) in [6, 6.07) is 4.08. The van der Waals surface area contributed by atoms with Crippen LogP contribution in [0.1, 0.15) is 42.6 Å². The zero-order valence-electron chi connectivity index (χ0n) is 13.4. The van der Waals surface area contributed by atoms with Gasteiger partial charge in [-0.15, -0.1) is 0 Å². The average Bonchev–Trinajstić information content (AvgIpc) is 3.04. The number of aromatic nitrogens is 3. The lowest BCUT2D eigenvalue weighted by Crippen LogP contribution is -2.33. The number of anilines is 1. The second-order valence-corrected chi connectivity index (χ2v) is 5.82. The molecule has 0 bridgehead atoms. The maximum absolute atomic E-state index is 5.98. The van der Waals surface area contributed by atoms with Gasteiger partial charge >= 0.3 is 0 Å². The average molecular weight is 317 g/mol. The topological polar surface area (TPSA) is 90.3 Å². The summed E-state index contributed by atoms with van der Waals surface area (Å²) >= 11 is 0. The number of ether oxygens (including phenoxy) is 1. The highest BCUT2D eigenvalue weighted by Gasteiger charge is 2.29. The summed E-state index contributed by atoms with van der Waals surface area (Å²) in [5, 5.41) is 4.06. The van der Waals surface area contributed by atoms with E-state index in [1.807, 2.05) is 12.1 Å². The van der Waals surface area contributed by atoms with E-state index in [1.54, 1.807) is 13.3 Å². The van der Waals surface area contributed by atoms with Crippen molar-refractivity contribution in [1.82, 2.24) is 20.0 Å². The Hall–Kier alpha value is -1.99. The maximum atomic E-state index is 5.98. The van der Waals surface area contributed by atoms with Crippen LogP contribution in [0.15, 0.2) is 22.9 Å². The van der Waals surface area contributed by atoms with Crippen molar-refractivity contribution >= 4 is 5.82 Å². The molecule has 0 amide bonds. The summed E-state index contributed by atoms with van der Waals surface area (Å²) in [7, 11) is 1.67. The van der Waals surface area contributed by atoms with E-state index < -0.39 is 0 Å². The first-order valence-corrected chi connectivity index (χ1v) is 8.02. The van der Waals surface area contributed by atoms with Gasteiger partial charge in [-0.05, 0) is 25.5 Å². The molecule has 124 valence electrons. The Balaban J connectivity index is 1.73. The van der Waals surface area contributed by atoms with Crippen LogP contribution in [0.4, 0.5) is 5.82 Å². The molecule has 3 rings (SSSR count). The number of piperidine rings is 1. The quantitative estimate of drug-likeness (QED) is 0.871. The molecule has 1 fully saturated rings. The molecular weight excluding hydrogens is 294 g/mol. The van der Waals surface area contributed by atoms with Crippen LogP contribution in [0.25, 0.3) is 0 Å². The van der Waals surface area contributed by atoms with Crippen LogP contribution >= 0.6 is 0 Å². The minimum Gasteiger partial charge on any atom is -0.384 e. The van der Waals surface area contributed by atoms with Crippen molar-refractivity contribution in [3.05, 3.63) is 35.6 Å². The van der Waals surface area contributed by atoms with Crippen molar-refractivity contribution < 1.29 is 9.26 Å². The summed E-state index contributed by atoms with van der Waals surface area (Å²) in [5.74, 6) is 1.98. The third-order valence-electron chi connectivity index (χ3n) is 4.21. The second kappa shape index (κ2) is 7.52. The molecule has 0 unspecified atom stereocenters. The van der Waals surface area contributed by atoms with Crippen molar-refractivity contribution in [2.24, 2.45) is 0 Å². The van der Waals surface area contributed by atoms with E-state index in [2.05, 4.69) is 20.0 Å². The molecular formula is C16H23N5O2. The first-order chi connectivity index (χ1) is 11.3. The predicted octanol–water partition coefficient (Wildman–Crippen LogP) is 1.96. The molecule has 7 nitrogen and oxygen atoms in total. The Labute approximate surface area is 135 Å². The lowest BCUT2D eigenvalue weighted by atomic mass is 10.0. The summed E-state index contributed by atoms with van der Waals surface area (Å²) in [5.41, 5.74) is 7.02. The van der Waals surface area contributed by atoms with E-state index in [0.717, 1.165) is 25.1 Å². The number of methoxy groups -OCH3 is 1. The van der Waals surface area contributed by atoms with E-state index >= 15 is 0 Å².